The molecule has 106 valence electrons. The maximum atomic E-state index is 11.9. The minimum atomic E-state index is -0.416. The third kappa shape index (κ3) is 3.22. The molecule has 0 aliphatic heterocycles. The van der Waals surface area contributed by atoms with Crippen LogP contribution in [0.1, 0.15) is 26.3 Å². The zero-order chi connectivity index (χ0) is 14.9. The van der Waals surface area contributed by atoms with Gasteiger partial charge in [-0.1, -0.05) is 44.5 Å². The van der Waals surface area contributed by atoms with E-state index in [-0.39, 0.29) is 12.3 Å². The van der Waals surface area contributed by atoms with Crippen molar-refractivity contribution >= 4 is 17.4 Å². The third-order valence-electron chi connectivity index (χ3n) is 3.00. The zero-order valence-electron chi connectivity index (χ0n) is 12.0. The monoisotopic (exact) mass is 292 g/mol. The van der Waals surface area contributed by atoms with Crippen LogP contribution < -0.4 is 0 Å². The summed E-state index contributed by atoms with van der Waals surface area (Å²) in [6, 6.07) is 5.58. The molecule has 2 rings (SSSR count). The minimum absolute atomic E-state index is 0.0587. The van der Waals surface area contributed by atoms with Crippen LogP contribution in [-0.4, -0.2) is 26.0 Å². The number of benzene rings is 1. The number of carbonyl (C=O) groups is 1. The van der Waals surface area contributed by atoms with Crippen LogP contribution in [0.4, 0.5) is 0 Å². The van der Waals surface area contributed by atoms with E-state index in [2.05, 4.69) is 15.4 Å². The summed E-state index contributed by atoms with van der Waals surface area (Å²) < 4.78 is 0. The summed E-state index contributed by atoms with van der Waals surface area (Å²) in [5, 5.41) is 12.7. The molecule has 0 radical (unpaired) electrons. The van der Waals surface area contributed by atoms with Crippen molar-refractivity contribution in [1.29, 1.82) is 0 Å². The van der Waals surface area contributed by atoms with Gasteiger partial charge in [0.1, 0.15) is 6.54 Å². The van der Waals surface area contributed by atoms with Gasteiger partial charge in [-0.05, 0) is 23.8 Å². The summed E-state index contributed by atoms with van der Waals surface area (Å²) in [5.41, 5.74) is 1.36. The van der Waals surface area contributed by atoms with Crippen molar-refractivity contribution in [2.45, 2.75) is 34.2 Å². The van der Waals surface area contributed by atoms with Gasteiger partial charge in [-0.25, -0.2) is 0 Å². The van der Waals surface area contributed by atoms with Crippen LogP contribution in [0, 0.1) is 12.3 Å². The summed E-state index contributed by atoms with van der Waals surface area (Å²) in [6.07, 6.45) is 0. The molecule has 0 saturated carbocycles. The van der Waals surface area contributed by atoms with E-state index in [9.17, 15) is 4.79 Å². The first-order valence-electron chi connectivity index (χ1n) is 6.35. The highest BCUT2D eigenvalue weighted by atomic mass is 35.5. The number of rotatable bonds is 3. The number of hydrogen-bond acceptors (Lipinski definition) is 4. The Morgan fingerprint density at radius 2 is 2.05 bits per heavy atom. The quantitative estimate of drug-likeness (QED) is 0.872. The van der Waals surface area contributed by atoms with Crippen molar-refractivity contribution in [3.63, 3.8) is 0 Å². The number of carbonyl (C=O) groups excluding carboxylic acids is 1. The van der Waals surface area contributed by atoms with Crippen LogP contribution in [0.25, 0.3) is 11.4 Å². The summed E-state index contributed by atoms with van der Waals surface area (Å²) in [5.74, 6) is 0.525. The lowest BCUT2D eigenvalue weighted by atomic mass is 9.91. The molecule has 0 aliphatic carbocycles. The van der Waals surface area contributed by atoms with Gasteiger partial charge in [-0.2, -0.15) is 4.80 Å². The number of nitrogens with zero attached hydrogens (tertiary/aromatic N) is 4. The SMILES string of the molecule is Cc1ccc(-c2nnn(CC(=O)C(C)(C)C)n2)cc1Cl. The second-order valence-corrected chi connectivity index (χ2v) is 6.19. The van der Waals surface area contributed by atoms with Crippen LogP contribution in [0.2, 0.25) is 5.02 Å². The summed E-state index contributed by atoms with van der Waals surface area (Å²) >= 11 is 6.08. The number of aryl methyl sites for hydroxylation is 1. The summed E-state index contributed by atoms with van der Waals surface area (Å²) in [6.45, 7) is 7.65. The van der Waals surface area contributed by atoms with Crippen LogP contribution in [-0.2, 0) is 11.3 Å². The Balaban J connectivity index is 2.21. The molecule has 20 heavy (non-hydrogen) atoms. The molecule has 0 saturated heterocycles. The van der Waals surface area contributed by atoms with Crippen molar-refractivity contribution in [1.82, 2.24) is 20.2 Å². The Morgan fingerprint density at radius 1 is 1.35 bits per heavy atom. The van der Waals surface area contributed by atoms with Gasteiger partial charge in [0, 0.05) is 16.0 Å². The van der Waals surface area contributed by atoms with Gasteiger partial charge >= 0.3 is 0 Å². The molecule has 0 fully saturated rings. The highest BCUT2D eigenvalue weighted by molar-refractivity contribution is 6.31. The molecular weight excluding hydrogens is 276 g/mol. The number of hydrogen-bond donors (Lipinski definition) is 0. The van der Waals surface area contributed by atoms with Gasteiger partial charge in [-0.3, -0.25) is 4.79 Å². The first-order chi connectivity index (χ1) is 9.27. The first kappa shape index (κ1) is 14.7. The Bertz CT molecular complexity index is 643. The normalized spacial score (nSPS) is 11.7. The lowest BCUT2D eigenvalue weighted by Gasteiger charge is -2.15. The van der Waals surface area contributed by atoms with E-state index in [0.29, 0.717) is 10.8 Å². The minimum Gasteiger partial charge on any atom is -0.297 e. The Labute approximate surface area is 122 Å². The fourth-order valence-electron chi connectivity index (χ4n) is 1.52. The van der Waals surface area contributed by atoms with Crippen molar-refractivity contribution in [2.24, 2.45) is 5.41 Å². The zero-order valence-corrected chi connectivity index (χ0v) is 12.8. The van der Waals surface area contributed by atoms with Crippen LogP contribution in [0.5, 0.6) is 0 Å². The maximum absolute atomic E-state index is 11.9. The Kier molecular flexibility index (Phi) is 3.90. The van der Waals surface area contributed by atoms with Crippen molar-refractivity contribution in [3.05, 3.63) is 28.8 Å². The van der Waals surface area contributed by atoms with Gasteiger partial charge in [0.25, 0.3) is 0 Å². The van der Waals surface area contributed by atoms with E-state index < -0.39 is 5.41 Å². The molecule has 0 bridgehead atoms. The second-order valence-electron chi connectivity index (χ2n) is 5.78. The highest BCUT2D eigenvalue weighted by Crippen LogP contribution is 2.22. The average Bonchev–Trinajstić information content (AvgIpc) is 2.80. The second kappa shape index (κ2) is 5.32. The summed E-state index contributed by atoms with van der Waals surface area (Å²) in [4.78, 5) is 13.2. The van der Waals surface area contributed by atoms with Crippen LogP contribution >= 0.6 is 11.6 Å². The lowest BCUT2D eigenvalue weighted by Crippen LogP contribution is -2.26. The molecule has 0 unspecified atom stereocenters. The number of ketones is 1. The molecule has 6 heteroatoms. The van der Waals surface area contributed by atoms with Crippen molar-refractivity contribution < 1.29 is 4.79 Å². The third-order valence-corrected chi connectivity index (χ3v) is 3.41. The van der Waals surface area contributed by atoms with Gasteiger partial charge in [0.2, 0.25) is 5.82 Å². The van der Waals surface area contributed by atoms with Crippen LogP contribution in [0.3, 0.4) is 0 Å². The molecule has 5 nitrogen and oxygen atoms in total. The van der Waals surface area contributed by atoms with Gasteiger partial charge in [-0.15, -0.1) is 10.2 Å². The Hall–Kier alpha value is -1.75. The topological polar surface area (TPSA) is 60.7 Å². The predicted molar refractivity (Wildman–Crippen MR) is 77.5 cm³/mol. The van der Waals surface area contributed by atoms with Gasteiger partial charge in [0.15, 0.2) is 5.78 Å². The lowest BCUT2D eigenvalue weighted by molar-refractivity contribution is -0.127. The maximum Gasteiger partial charge on any atom is 0.204 e. The number of Topliss-reactive ketones (excluding diaryl/α,β-unsaturated/α-hetero) is 1. The average molecular weight is 293 g/mol. The summed E-state index contributed by atoms with van der Waals surface area (Å²) in [7, 11) is 0. The van der Waals surface area contributed by atoms with E-state index in [4.69, 9.17) is 11.6 Å². The van der Waals surface area contributed by atoms with E-state index in [1.807, 2.05) is 39.8 Å². The number of halogens is 1. The molecule has 0 atom stereocenters. The molecule has 1 heterocycles. The van der Waals surface area contributed by atoms with E-state index in [1.165, 1.54) is 4.80 Å². The predicted octanol–water partition coefficient (Wildman–Crippen LogP) is 2.92. The largest absolute Gasteiger partial charge is 0.297 e. The fourth-order valence-corrected chi connectivity index (χ4v) is 1.70. The molecule has 0 aliphatic rings. The van der Waals surface area contributed by atoms with Gasteiger partial charge < -0.3 is 0 Å². The number of tetrazole rings is 1. The molecule has 0 N–H and O–H groups in total. The molecule has 1 aromatic heterocycles. The van der Waals surface area contributed by atoms with Crippen molar-refractivity contribution in [3.8, 4) is 11.4 Å². The standard InChI is InChI=1S/C14H17ClN4O/c1-9-5-6-10(7-11(9)15)13-16-18-19(17-13)8-12(20)14(2,3)4/h5-7H,8H2,1-4H3. The van der Waals surface area contributed by atoms with E-state index >= 15 is 0 Å². The smallest absolute Gasteiger partial charge is 0.204 e. The van der Waals surface area contributed by atoms with Gasteiger partial charge in [0.05, 0.1) is 0 Å². The molecular formula is C14H17ClN4O. The number of aromatic nitrogens is 4. The highest BCUT2D eigenvalue weighted by Gasteiger charge is 2.22. The van der Waals surface area contributed by atoms with Crippen LogP contribution in [0.15, 0.2) is 18.2 Å². The molecule has 1 aromatic carbocycles. The van der Waals surface area contributed by atoms with Crippen molar-refractivity contribution in [2.75, 3.05) is 0 Å². The molecule has 2 aromatic rings. The molecule has 0 amide bonds. The Morgan fingerprint density at radius 3 is 2.65 bits per heavy atom. The first-order valence-corrected chi connectivity index (χ1v) is 6.73. The van der Waals surface area contributed by atoms with E-state index in [0.717, 1.165) is 11.1 Å². The van der Waals surface area contributed by atoms with E-state index in [1.54, 1.807) is 6.07 Å². The fraction of sp³-hybridized carbons (Fsp3) is 0.429. The molecule has 0 spiro atoms.